The van der Waals surface area contributed by atoms with E-state index in [0.717, 1.165) is 11.6 Å². The lowest BCUT2D eigenvalue weighted by Crippen LogP contribution is -2.42. The quantitative estimate of drug-likeness (QED) is 0.715. The van der Waals surface area contributed by atoms with Gasteiger partial charge in [0.25, 0.3) is 0 Å². The van der Waals surface area contributed by atoms with E-state index in [2.05, 4.69) is 14.9 Å². The molecule has 1 saturated carbocycles. The molecule has 1 aromatic heterocycles. The van der Waals surface area contributed by atoms with Gasteiger partial charge < -0.3 is 9.74 Å². The molecule has 1 aromatic rings. The molecule has 2 fully saturated rings. The van der Waals surface area contributed by atoms with Gasteiger partial charge in [-0.2, -0.15) is 0 Å². The molecule has 2 aliphatic heterocycles. The predicted molar refractivity (Wildman–Crippen MR) is 112 cm³/mol. The van der Waals surface area contributed by atoms with Crippen molar-refractivity contribution in [1.29, 1.82) is 0 Å². The average molecular weight is 469 g/mol. The topological polar surface area (TPSA) is 83.9 Å². The van der Waals surface area contributed by atoms with Gasteiger partial charge in [0.15, 0.2) is 6.10 Å². The monoisotopic (exact) mass is 468 g/mol. The van der Waals surface area contributed by atoms with Crippen molar-refractivity contribution in [3.05, 3.63) is 46.8 Å². The Bertz CT molecular complexity index is 1160. The Morgan fingerprint density at radius 1 is 1.31 bits per heavy atom. The van der Waals surface area contributed by atoms with Crippen molar-refractivity contribution in [2.24, 2.45) is 5.16 Å². The van der Waals surface area contributed by atoms with E-state index < -0.39 is 38.8 Å². The Hall–Kier alpha value is -2.40. The number of alkyl halides is 1. The van der Waals surface area contributed by atoms with Gasteiger partial charge in [0.2, 0.25) is 15.0 Å². The van der Waals surface area contributed by atoms with Gasteiger partial charge >= 0.3 is 0 Å². The van der Waals surface area contributed by atoms with Gasteiger partial charge in [-0.1, -0.05) is 5.16 Å². The fourth-order valence-electron chi connectivity index (χ4n) is 4.31. The van der Waals surface area contributed by atoms with E-state index in [4.69, 9.17) is 4.84 Å². The molecule has 4 aliphatic rings. The highest BCUT2D eigenvalue weighted by atomic mass is 32.2. The number of aromatic nitrogens is 1. The van der Waals surface area contributed by atoms with Crippen LogP contribution >= 0.6 is 0 Å². The molecule has 172 valence electrons. The number of oxime groups is 1. The second-order valence-electron chi connectivity index (χ2n) is 8.78. The van der Waals surface area contributed by atoms with E-state index in [-0.39, 0.29) is 24.8 Å². The van der Waals surface area contributed by atoms with Crippen molar-refractivity contribution in [1.82, 2.24) is 14.6 Å². The van der Waals surface area contributed by atoms with Crippen molar-refractivity contribution >= 4 is 21.4 Å². The Kier molecular flexibility index (Phi) is 5.08. The van der Waals surface area contributed by atoms with Crippen LogP contribution in [0.2, 0.25) is 0 Å². The molecule has 2 aliphatic carbocycles. The number of sulfonamides is 1. The molecular formula is C21H23F3N4O3S. The summed E-state index contributed by atoms with van der Waals surface area (Å²) < 4.78 is 68.7. The predicted octanol–water partition coefficient (Wildman–Crippen LogP) is 3.56. The van der Waals surface area contributed by atoms with Crippen LogP contribution in [0.25, 0.3) is 5.57 Å². The van der Waals surface area contributed by atoms with Crippen LogP contribution in [0.4, 0.5) is 13.2 Å². The summed E-state index contributed by atoms with van der Waals surface area (Å²) in [6.45, 7) is 2.72. The Morgan fingerprint density at radius 2 is 2.09 bits per heavy atom. The Labute approximate surface area is 184 Å². The number of halogens is 3. The van der Waals surface area contributed by atoms with Gasteiger partial charge in [0.1, 0.15) is 17.5 Å². The lowest BCUT2D eigenvalue weighted by atomic mass is 9.97. The van der Waals surface area contributed by atoms with E-state index in [1.165, 1.54) is 0 Å². The lowest BCUT2D eigenvalue weighted by molar-refractivity contribution is 0.0822. The molecule has 0 bridgehead atoms. The summed E-state index contributed by atoms with van der Waals surface area (Å²) in [7, 11) is -4.00. The van der Waals surface area contributed by atoms with Gasteiger partial charge in [-0.25, -0.2) is 26.3 Å². The highest BCUT2D eigenvalue weighted by Gasteiger charge is 2.56. The van der Waals surface area contributed by atoms with E-state index in [9.17, 15) is 21.6 Å². The normalized spacial score (nSPS) is 26.9. The molecule has 7 nitrogen and oxygen atoms in total. The standard InChI is InChI=1S/C21H23F3N4O3S/c1-12-6-16(15-7-13(22)8-17(15)23)20(25-10-12)18-9-19(26-31-18)28-5-2-14(11-28)27-32(29,30)21(24)3-4-21/h6,8,10,14,18,27H,2-5,7,9,11H2,1H3/t14-,18-/m0/s1. The zero-order valence-corrected chi connectivity index (χ0v) is 18.3. The van der Waals surface area contributed by atoms with Crippen molar-refractivity contribution < 1.29 is 26.4 Å². The number of likely N-dealkylation sites (tertiary alicyclic amines) is 1. The molecular weight excluding hydrogens is 445 g/mol. The van der Waals surface area contributed by atoms with Gasteiger partial charge in [0, 0.05) is 61.8 Å². The Balaban J connectivity index is 1.27. The molecule has 2 atom stereocenters. The Morgan fingerprint density at radius 3 is 2.78 bits per heavy atom. The maximum atomic E-state index is 14.3. The number of nitrogens with one attached hydrogen (secondary N) is 1. The zero-order valence-electron chi connectivity index (χ0n) is 17.4. The summed E-state index contributed by atoms with van der Waals surface area (Å²) in [6.07, 6.45) is 2.77. The third-order valence-corrected chi connectivity index (χ3v) is 8.27. The van der Waals surface area contributed by atoms with Crippen LogP contribution < -0.4 is 4.72 Å². The number of amidine groups is 1. The summed E-state index contributed by atoms with van der Waals surface area (Å²) in [5, 5.41) is 2.01. The van der Waals surface area contributed by atoms with Crippen LogP contribution in [0.1, 0.15) is 55.0 Å². The number of allylic oxidation sites excluding steroid dienone is 4. The van der Waals surface area contributed by atoms with Crippen molar-refractivity contribution in [3.8, 4) is 0 Å². The molecule has 5 rings (SSSR count). The summed E-state index contributed by atoms with van der Waals surface area (Å²) in [6, 6.07) is 1.35. The van der Waals surface area contributed by atoms with Crippen molar-refractivity contribution in [2.45, 2.75) is 56.2 Å². The number of hydrogen-bond acceptors (Lipinski definition) is 6. The molecule has 0 aromatic carbocycles. The van der Waals surface area contributed by atoms with Gasteiger partial charge in [-0.05, 0) is 25.0 Å². The van der Waals surface area contributed by atoms with Gasteiger partial charge in [-0.3, -0.25) is 4.98 Å². The zero-order chi connectivity index (χ0) is 22.7. The second kappa shape index (κ2) is 7.58. The summed E-state index contributed by atoms with van der Waals surface area (Å²) in [4.78, 5) is 11.9. The minimum atomic E-state index is -4.00. The van der Waals surface area contributed by atoms with E-state index in [1.807, 2.05) is 11.8 Å². The fourth-order valence-corrected chi connectivity index (χ4v) is 5.79. The highest BCUT2D eigenvalue weighted by molar-refractivity contribution is 7.91. The smallest absolute Gasteiger partial charge is 0.247 e. The van der Waals surface area contributed by atoms with Crippen LogP contribution in [0.5, 0.6) is 0 Å². The van der Waals surface area contributed by atoms with Crippen molar-refractivity contribution in [2.75, 3.05) is 13.1 Å². The molecule has 1 saturated heterocycles. The largest absolute Gasteiger partial charge is 0.384 e. The molecule has 0 radical (unpaired) electrons. The first-order valence-corrected chi connectivity index (χ1v) is 12.0. The summed E-state index contributed by atoms with van der Waals surface area (Å²) >= 11 is 0. The molecule has 0 amide bonds. The fraction of sp³-hybridized carbons (Fsp3) is 0.524. The molecule has 3 heterocycles. The molecule has 32 heavy (non-hydrogen) atoms. The van der Waals surface area contributed by atoms with Crippen LogP contribution in [0.3, 0.4) is 0 Å². The highest BCUT2D eigenvalue weighted by Crippen LogP contribution is 2.44. The number of nitrogens with zero attached hydrogens (tertiary/aromatic N) is 3. The van der Waals surface area contributed by atoms with E-state index in [0.29, 0.717) is 43.0 Å². The summed E-state index contributed by atoms with van der Waals surface area (Å²) in [5.74, 6) is -0.538. The van der Waals surface area contributed by atoms with E-state index in [1.54, 1.807) is 12.3 Å². The van der Waals surface area contributed by atoms with Gasteiger partial charge in [-0.15, -0.1) is 0 Å². The first-order chi connectivity index (χ1) is 15.1. The molecule has 0 spiro atoms. The van der Waals surface area contributed by atoms with Crippen LogP contribution in [0.15, 0.2) is 35.1 Å². The van der Waals surface area contributed by atoms with Crippen LogP contribution in [-0.4, -0.2) is 48.3 Å². The third-order valence-electron chi connectivity index (χ3n) is 6.26. The first-order valence-electron chi connectivity index (χ1n) is 10.6. The number of aryl methyl sites for hydroxylation is 1. The van der Waals surface area contributed by atoms with Gasteiger partial charge in [0.05, 0.1) is 12.1 Å². The minimum absolute atomic E-state index is 0.0311. The minimum Gasteiger partial charge on any atom is -0.384 e. The molecule has 11 heteroatoms. The maximum absolute atomic E-state index is 14.3. The third kappa shape index (κ3) is 3.81. The van der Waals surface area contributed by atoms with Crippen LogP contribution in [0, 0.1) is 6.92 Å². The van der Waals surface area contributed by atoms with E-state index >= 15 is 0 Å². The van der Waals surface area contributed by atoms with Crippen LogP contribution in [-0.2, 0) is 14.9 Å². The number of rotatable bonds is 5. The average Bonchev–Trinajstić information content (AvgIpc) is 3.10. The number of hydrogen-bond donors (Lipinski definition) is 1. The number of pyridine rings is 1. The first kappa shape index (κ1) is 21.4. The lowest BCUT2D eigenvalue weighted by Gasteiger charge is -2.19. The molecule has 0 unspecified atom stereocenters. The maximum Gasteiger partial charge on any atom is 0.247 e. The second-order valence-corrected chi connectivity index (χ2v) is 10.8. The summed E-state index contributed by atoms with van der Waals surface area (Å²) in [5.41, 5.74) is 2.03. The molecule has 1 N–H and O–H groups in total. The SMILES string of the molecule is Cc1cnc([C@@H]2CC(N3CC[C@H](NS(=O)(=O)C4(F)CC4)C3)=NO2)c(C2=C(F)C=C(F)C2)c1. The van der Waals surface area contributed by atoms with Crippen molar-refractivity contribution in [3.63, 3.8) is 0 Å².